The average Bonchev–Trinajstić information content (AvgIpc) is 2.10. The van der Waals surface area contributed by atoms with Gasteiger partial charge < -0.3 is 15.3 Å². The summed E-state index contributed by atoms with van der Waals surface area (Å²) >= 11 is 0. The SMILES string of the molecule is CC1(CO)C=CC(O)=C(CO)C1. The largest absolute Gasteiger partial charge is 0.508 e. The maximum atomic E-state index is 9.25. The lowest BCUT2D eigenvalue weighted by Crippen LogP contribution is -2.23. The van der Waals surface area contributed by atoms with Crippen molar-refractivity contribution in [3.8, 4) is 0 Å². The van der Waals surface area contributed by atoms with Crippen molar-refractivity contribution in [3.63, 3.8) is 0 Å². The number of hydrogen-bond donors (Lipinski definition) is 3. The third-order valence-corrected chi connectivity index (χ3v) is 2.18. The molecule has 1 unspecified atom stereocenters. The van der Waals surface area contributed by atoms with E-state index in [1.807, 2.05) is 6.92 Å². The Morgan fingerprint density at radius 2 is 2.17 bits per heavy atom. The van der Waals surface area contributed by atoms with Crippen LogP contribution in [0.2, 0.25) is 0 Å². The van der Waals surface area contributed by atoms with Gasteiger partial charge in [0.05, 0.1) is 13.2 Å². The molecule has 0 aromatic carbocycles. The fraction of sp³-hybridized carbons (Fsp3) is 0.556. The van der Waals surface area contributed by atoms with Crippen LogP contribution in [0.3, 0.4) is 0 Å². The predicted octanol–water partition coefficient (Wildman–Crippen LogP) is 0.749. The normalized spacial score (nSPS) is 29.6. The van der Waals surface area contributed by atoms with Gasteiger partial charge in [0.15, 0.2) is 0 Å². The molecule has 1 aliphatic carbocycles. The van der Waals surface area contributed by atoms with E-state index in [1.54, 1.807) is 6.08 Å². The summed E-state index contributed by atoms with van der Waals surface area (Å²) in [6.07, 6.45) is 3.81. The lowest BCUT2D eigenvalue weighted by Gasteiger charge is -2.27. The maximum absolute atomic E-state index is 9.25. The van der Waals surface area contributed by atoms with Gasteiger partial charge in [-0.3, -0.25) is 0 Å². The molecule has 1 aliphatic rings. The Morgan fingerprint density at radius 1 is 1.50 bits per heavy atom. The van der Waals surface area contributed by atoms with Crippen LogP contribution in [0.25, 0.3) is 0 Å². The van der Waals surface area contributed by atoms with E-state index in [0.29, 0.717) is 12.0 Å². The summed E-state index contributed by atoms with van der Waals surface area (Å²) in [6, 6.07) is 0. The van der Waals surface area contributed by atoms with Crippen molar-refractivity contribution in [1.82, 2.24) is 0 Å². The smallest absolute Gasteiger partial charge is 0.116 e. The van der Waals surface area contributed by atoms with Crippen molar-refractivity contribution in [2.75, 3.05) is 13.2 Å². The number of aliphatic hydroxyl groups is 3. The molecule has 0 aromatic rings. The van der Waals surface area contributed by atoms with E-state index < -0.39 is 0 Å². The van der Waals surface area contributed by atoms with Crippen molar-refractivity contribution in [3.05, 3.63) is 23.5 Å². The molecule has 0 heterocycles. The van der Waals surface area contributed by atoms with Crippen LogP contribution >= 0.6 is 0 Å². The molecule has 0 spiro atoms. The Kier molecular flexibility index (Phi) is 2.55. The molecular weight excluding hydrogens is 156 g/mol. The lowest BCUT2D eigenvalue weighted by atomic mass is 9.80. The molecule has 0 fully saturated rings. The molecule has 1 rings (SSSR count). The average molecular weight is 170 g/mol. The first kappa shape index (κ1) is 9.29. The van der Waals surface area contributed by atoms with Crippen molar-refractivity contribution < 1.29 is 15.3 Å². The molecule has 0 bridgehead atoms. The zero-order valence-electron chi connectivity index (χ0n) is 7.12. The molecule has 68 valence electrons. The quantitative estimate of drug-likeness (QED) is 0.573. The number of allylic oxidation sites excluding steroid dienone is 1. The Hall–Kier alpha value is -0.800. The maximum Gasteiger partial charge on any atom is 0.116 e. The zero-order chi connectivity index (χ0) is 9.19. The van der Waals surface area contributed by atoms with Gasteiger partial charge in [-0.05, 0) is 18.1 Å². The standard InChI is InChI=1S/C9H14O3/c1-9(6-11)3-2-8(12)7(4-9)5-10/h2-3,10-12H,4-6H2,1H3. The van der Waals surface area contributed by atoms with E-state index in [4.69, 9.17) is 10.2 Å². The number of hydrogen-bond acceptors (Lipinski definition) is 3. The molecule has 3 heteroatoms. The van der Waals surface area contributed by atoms with Crippen LogP contribution in [0.5, 0.6) is 0 Å². The van der Waals surface area contributed by atoms with Crippen molar-refractivity contribution in [2.24, 2.45) is 5.41 Å². The summed E-state index contributed by atoms with van der Waals surface area (Å²) < 4.78 is 0. The molecule has 12 heavy (non-hydrogen) atoms. The van der Waals surface area contributed by atoms with E-state index >= 15 is 0 Å². The topological polar surface area (TPSA) is 60.7 Å². The minimum absolute atomic E-state index is 0.0281. The highest BCUT2D eigenvalue weighted by Crippen LogP contribution is 2.32. The first-order chi connectivity index (χ1) is 5.61. The van der Waals surface area contributed by atoms with Gasteiger partial charge in [-0.1, -0.05) is 13.0 Å². The second-order valence-electron chi connectivity index (χ2n) is 3.47. The van der Waals surface area contributed by atoms with Crippen LogP contribution in [0.1, 0.15) is 13.3 Å². The molecule has 0 aromatic heterocycles. The Labute approximate surface area is 71.7 Å². The van der Waals surface area contributed by atoms with Gasteiger partial charge in [0, 0.05) is 5.41 Å². The monoisotopic (exact) mass is 170 g/mol. The molecular formula is C9H14O3. The number of aliphatic hydroxyl groups excluding tert-OH is 3. The molecule has 3 N–H and O–H groups in total. The van der Waals surface area contributed by atoms with Gasteiger partial charge >= 0.3 is 0 Å². The van der Waals surface area contributed by atoms with Crippen LogP contribution in [-0.4, -0.2) is 28.5 Å². The summed E-state index contributed by atoms with van der Waals surface area (Å²) in [6.45, 7) is 1.76. The van der Waals surface area contributed by atoms with E-state index in [-0.39, 0.29) is 24.4 Å². The lowest BCUT2D eigenvalue weighted by molar-refractivity contribution is 0.173. The minimum Gasteiger partial charge on any atom is -0.508 e. The van der Waals surface area contributed by atoms with E-state index in [1.165, 1.54) is 6.08 Å². The molecule has 1 atom stereocenters. The van der Waals surface area contributed by atoms with Crippen LogP contribution in [0.4, 0.5) is 0 Å². The van der Waals surface area contributed by atoms with E-state index in [2.05, 4.69) is 0 Å². The summed E-state index contributed by atoms with van der Waals surface area (Å²) in [7, 11) is 0. The van der Waals surface area contributed by atoms with Crippen LogP contribution in [-0.2, 0) is 0 Å². The van der Waals surface area contributed by atoms with Gasteiger partial charge in [-0.2, -0.15) is 0 Å². The van der Waals surface area contributed by atoms with Crippen molar-refractivity contribution in [1.29, 1.82) is 0 Å². The first-order valence-electron chi connectivity index (χ1n) is 3.93. The molecule has 0 radical (unpaired) electrons. The van der Waals surface area contributed by atoms with E-state index in [9.17, 15) is 5.11 Å². The summed E-state index contributed by atoms with van der Waals surface area (Å²) in [5, 5.41) is 27.1. The highest BCUT2D eigenvalue weighted by molar-refractivity contribution is 5.28. The molecule has 3 nitrogen and oxygen atoms in total. The fourth-order valence-corrected chi connectivity index (χ4v) is 1.28. The van der Waals surface area contributed by atoms with Crippen LogP contribution < -0.4 is 0 Å². The van der Waals surface area contributed by atoms with Crippen molar-refractivity contribution >= 4 is 0 Å². The van der Waals surface area contributed by atoms with Crippen molar-refractivity contribution in [2.45, 2.75) is 13.3 Å². The van der Waals surface area contributed by atoms with Gasteiger partial charge in [0.1, 0.15) is 5.76 Å². The van der Waals surface area contributed by atoms with Gasteiger partial charge in [0.25, 0.3) is 0 Å². The summed E-state index contributed by atoms with van der Waals surface area (Å²) in [4.78, 5) is 0. The Balaban J connectivity index is 2.83. The fourth-order valence-electron chi connectivity index (χ4n) is 1.28. The van der Waals surface area contributed by atoms with Gasteiger partial charge in [0.2, 0.25) is 0 Å². The molecule has 0 saturated carbocycles. The minimum atomic E-state index is -0.329. The van der Waals surface area contributed by atoms with Crippen LogP contribution in [0, 0.1) is 5.41 Å². The summed E-state index contributed by atoms with van der Waals surface area (Å²) in [5.74, 6) is 0.128. The zero-order valence-corrected chi connectivity index (χ0v) is 7.12. The Morgan fingerprint density at radius 3 is 2.67 bits per heavy atom. The molecule has 0 amide bonds. The third kappa shape index (κ3) is 1.68. The number of rotatable bonds is 2. The van der Waals surface area contributed by atoms with E-state index in [0.717, 1.165) is 0 Å². The van der Waals surface area contributed by atoms with Gasteiger partial charge in [-0.15, -0.1) is 0 Å². The van der Waals surface area contributed by atoms with Gasteiger partial charge in [-0.25, -0.2) is 0 Å². The Bertz CT molecular complexity index is 230. The highest BCUT2D eigenvalue weighted by atomic mass is 16.3. The predicted molar refractivity (Wildman–Crippen MR) is 45.7 cm³/mol. The van der Waals surface area contributed by atoms with Crippen LogP contribution in [0.15, 0.2) is 23.5 Å². The first-order valence-corrected chi connectivity index (χ1v) is 3.93. The third-order valence-electron chi connectivity index (χ3n) is 2.18. The second-order valence-corrected chi connectivity index (χ2v) is 3.47. The molecule has 0 aliphatic heterocycles. The second kappa shape index (κ2) is 3.29. The summed E-state index contributed by atoms with van der Waals surface area (Å²) in [5.41, 5.74) is 0.263. The molecule has 0 saturated heterocycles. The highest BCUT2D eigenvalue weighted by Gasteiger charge is 2.25.